The van der Waals surface area contributed by atoms with Crippen LogP contribution in [-0.2, 0) is 9.84 Å². The molecule has 0 aliphatic carbocycles. The van der Waals surface area contributed by atoms with Crippen LogP contribution >= 0.6 is 0 Å². The standard InChI is InChI=1S/C24H20N2O4S.C18H16N2O2/c25-17-3-1-5-21(15-17)29-19-7-11-23(12-8-19)31(27,28)24-13-9-20(10-14-24)30-22-6-2-4-18(26)16-22;19-13-1-5-15(6-2-13)21-17-9-11-18(12-10-17)22-16-7-3-14(20)4-8-16/h1-16H,25-26H2;1-12H,19-20H2. The monoisotopic (exact) mass is 724 g/mol. The van der Waals surface area contributed by atoms with E-state index in [1.165, 1.54) is 24.3 Å². The van der Waals surface area contributed by atoms with Crippen LogP contribution in [0, 0.1) is 0 Å². The second-order valence-electron chi connectivity index (χ2n) is 11.6. The average Bonchev–Trinajstić information content (AvgIpc) is 3.15. The zero-order valence-electron chi connectivity index (χ0n) is 28.3. The summed E-state index contributed by atoms with van der Waals surface area (Å²) in [6, 6.07) is 48.4. The Bertz CT molecular complexity index is 2210. The topological polar surface area (TPSA) is 175 Å². The molecule has 7 aromatic carbocycles. The maximum atomic E-state index is 12.9. The lowest BCUT2D eigenvalue weighted by atomic mass is 10.3. The molecule has 0 atom stereocenters. The maximum absolute atomic E-state index is 12.9. The molecule has 7 rings (SSSR count). The fourth-order valence-electron chi connectivity index (χ4n) is 4.86. The SMILES string of the molecule is Nc1ccc(Oc2ccc(Oc3ccc(N)cc3)cc2)cc1.Nc1cccc(Oc2ccc(S(=O)(=O)c3ccc(Oc4cccc(N)c4)cc3)cc2)c1. The van der Waals surface area contributed by atoms with Crippen molar-refractivity contribution >= 4 is 32.6 Å². The molecule has 0 aromatic heterocycles. The van der Waals surface area contributed by atoms with Gasteiger partial charge in [-0.15, -0.1) is 0 Å². The van der Waals surface area contributed by atoms with Gasteiger partial charge in [0.2, 0.25) is 9.84 Å². The zero-order chi connectivity index (χ0) is 37.2. The Kier molecular flexibility index (Phi) is 11.0. The van der Waals surface area contributed by atoms with Crippen molar-refractivity contribution in [3.63, 3.8) is 0 Å². The van der Waals surface area contributed by atoms with Crippen LogP contribution in [0.1, 0.15) is 0 Å². The van der Waals surface area contributed by atoms with Gasteiger partial charge in [0.1, 0.15) is 46.0 Å². The largest absolute Gasteiger partial charge is 0.457 e. The van der Waals surface area contributed by atoms with Crippen LogP contribution in [0.25, 0.3) is 0 Å². The summed E-state index contributed by atoms with van der Waals surface area (Å²) in [5.41, 5.74) is 25.4. The first-order chi connectivity index (χ1) is 25.6. The molecular weight excluding hydrogens is 689 g/mol. The predicted octanol–water partition coefficient (Wildman–Crippen LogP) is 9.70. The lowest BCUT2D eigenvalue weighted by Crippen LogP contribution is -2.01. The van der Waals surface area contributed by atoms with E-state index in [0.29, 0.717) is 45.7 Å². The van der Waals surface area contributed by atoms with Gasteiger partial charge >= 0.3 is 0 Å². The van der Waals surface area contributed by atoms with Gasteiger partial charge in [-0.05, 0) is 146 Å². The maximum Gasteiger partial charge on any atom is 0.206 e. The molecule has 0 spiro atoms. The lowest BCUT2D eigenvalue weighted by Gasteiger charge is -2.10. The third-order valence-corrected chi connectivity index (χ3v) is 9.30. The van der Waals surface area contributed by atoms with Crippen molar-refractivity contribution in [2.24, 2.45) is 0 Å². The van der Waals surface area contributed by atoms with Crippen molar-refractivity contribution in [3.05, 3.63) is 170 Å². The average molecular weight is 725 g/mol. The first kappa shape index (κ1) is 35.7. The van der Waals surface area contributed by atoms with E-state index < -0.39 is 9.84 Å². The Morgan fingerprint density at radius 1 is 0.302 bits per heavy atom. The van der Waals surface area contributed by atoms with Crippen LogP contribution in [0.3, 0.4) is 0 Å². The van der Waals surface area contributed by atoms with E-state index in [0.717, 1.165) is 23.0 Å². The van der Waals surface area contributed by atoms with Crippen molar-refractivity contribution in [1.29, 1.82) is 0 Å². The Morgan fingerprint density at radius 2 is 0.566 bits per heavy atom. The number of sulfone groups is 1. The van der Waals surface area contributed by atoms with Gasteiger partial charge in [0.05, 0.1) is 9.79 Å². The van der Waals surface area contributed by atoms with Crippen molar-refractivity contribution in [2.45, 2.75) is 9.79 Å². The summed E-state index contributed by atoms with van der Waals surface area (Å²) in [5.74, 6) is 5.11. The Labute approximate surface area is 307 Å². The van der Waals surface area contributed by atoms with E-state index in [9.17, 15) is 8.42 Å². The predicted molar refractivity (Wildman–Crippen MR) is 208 cm³/mol. The van der Waals surface area contributed by atoms with Crippen molar-refractivity contribution < 1.29 is 27.4 Å². The second kappa shape index (κ2) is 16.3. The normalized spacial score (nSPS) is 10.7. The molecule has 11 heteroatoms. The number of hydrogen-bond donors (Lipinski definition) is 4. The van der Waals surface area contributed by atoms with Gasteiger partial charge in [0, 0.05) is 34.9 Å². The minimum absolute atomic E-state index is 0.164. The van der Waals surface area contributed by atoms with Crippen molar-refractivity contribution in [2.75, 3.05) is 22.9 Å². The lowest BCUT2D eigenvalue weighted by molar-refractivity contribution is 0.469. The number of hydrogen-bond acceptors (Lipinski definition) is 10. The molecule has 10 nitrogen and oxygen atoms in total. The third kappa shape index (κ3) is 10.00. The van der Waals surface area contributed by atoms with Gasteiger partial charge in [-0.1, -0.05) is 12.1 Å². The highest BCUT2D eigenvalue weighted by Gasteiger charge is 2.18. The van der Waals surface area contributed by atoms with Crippen LogP contribution in [0.2, 0.25) is 0 Å². The fraction of sp³-hybridized carbons (Fsp3) is 0. The van der Waals surface area contributed by atoms with Gasteiger partial charge in [-0.2, -0.15) is 0 Å². The van der Waals surface area contributed by atoms with Crippen LogP contribution in [0.5, 0.6) is 46.0 Å². The summed E-state index contributed by atoms with van der Waals surface area (Å²) in [5, 5.41) is 0. The molecule has 53 heavy (non-hydrogen) atoms. The number of nitrogen functional groups attached to an aromatic ring is 4. The first-order valence-corrected chi connectivity index (χ1v) is 17.8. The number of ether oxygens (including phenoxy) is 4. The van der Waals surface area contributed by atoms with Crippen LogP contribution in [0.15, 0.2) is 180 Å². The fourth-order valence-corrected chi connectivity index (χ4v) is 6.12. The summed E-state index contributed by atoms with van der Waals surface area (Å²) < 4.78 is 48.8. The van der Waals surface area contributed by atoms with Gasteiger partial charge < -0.3 is 41.9 Å². The Morgan fingerprint density at radius 3 is 0.868 bits per heavy atom. The van der Waals surface area contributed by atoms with Crippen LogP contribution in [0.4, 0.5) is 22.7 Å². The minimum Gasteiger partial charge on any atom is -0.457 e. The molecule has 7 aromatic rings. The molecule has 0 radical (unpaired) electrons. The smallest absolute Gasteiger partial charge is 0.206 e. The van der Waals surface area contributed by atoms with Gasteiger partial charge in [-0.25, -0.2) is 8.42 Å². The van der Waals surface area contributed by atoms with Crippen LogP contribution in [-0.4, -0.2) is 8.42 Å². The molecule has 266 valence electrons. The minimum atomic E-state index is -3.68. The highest BCUT2D eigenvalue weighted by molar-refractivity contribution is 7.91. The number of anilines is 4. The first-order valence-electron chi connectivity index (χ1n) is 16.3. The number of rotatable bonds is 10. The summed E-state index contributed by atoms with van der Waals surface area (Å²) in [6.07, 6.45) is 0. The van der Waals surface area contributed by atoms with Crippen LogP contribution < -0.4 is 41.9 Å². The summed E-state index contributed by atoms with van der Waals surface area (Å²) in [4.78, 5) is 0.328. The molecule has 0 bridgehead atoms. The highest BCUT2D eigenvalue weighted by Crippen LogP contribution is 2.30. The molecule has 0 fully saturated rings. The zero-order valence-corrected chi connectivity index (χ0v) is 29.1. The molecule has 8 N–H and O–H groups in total. The van der Waals surface area contributed by atoms with Gasteiger partial charge in [0.15, 0.2) is 0 Å². The van der Waals surface area contributed by atoms with E-state index in [4.69, 9.17) is 41.9 Å². The summed E-state index contributed by atoms with van der Waals surface area (Å²) in [7, 11) is -3.68. The number of nitrogens with two attached hydrogens (primary N) is 4. The molecule has 0 saturated carbocycles. The summed E-state index contributed by atoms with van der Waals surface area (Å²) >= 11 is 0. The van der Waals surface area contributed by atoms with Crippen molar-refractivity contribution in [3.8, 4) is 46.0 Å². The molecular formula is C42H36N4O6S. The second-order valence-corrected chi connectivity index (χ2v) is 13.6. The third-order valence-electron chi connectivity index (χ3n) is 7.51. The molecule has 0 amide bonds. The molecule has 0 heterocycles. The Hall–Kier alpha value is -7.11. The Balaban J connectivity index is 0.000000192. The molecule has 0 aliphatic heterocycles. The van der Waals surface area contributed by atoms with E-state index >= 15 is 0 Å². The molecule has 0 aliphatic rings. The molecule has 0 saturated heterocycles. The van der Waals surface area contributed by atoms with Gasteiger partial charge in [0.25, 0.3) is 0 Å². The van der Waals surface area contributed by atoms with Crippen molar-refractivity contribution in [1.82, 2.24) is 0 Å². The molecule has 0 unspecified atom stereocenters. The number of benzene rings is 7. The highest BCUT2D eigenvalue weighted by atomic mass is 32.2. The van der Waals surface area contributed by atoms with E-state index in [-0.39, 0.29) is 9.79 Å². The van der Waals surface area contributed by atoms with Gasteiger partial charge in [-0.3, -0.25) is 0 Å². The van der Waals surface area contributed by atoms with E-state index in [1.54, 1.807) is 97.1 Å². The van der Waals surface area contributed by atoms with E-state index in [2.05, 4.69) is 0 Å². The quantitative estimate of drug-likeness (QED) is 0.0994. The van der Waals surface area contributed by atoms with E-state index in [1.807, 2.05) is 48.5 Å². The summed E-state index contributed by atoms with van der Waals surface area (Å²) in [6.45, 7) is 0.